The lowest BCUT2D eigenvalue weighted by atomic mass is 10.1. The minimum Gasteiger partial charge on any atom is -0.494 e. The Balaban J connectivity index is 1.67. The molecule has 8 heteroatoms. The van der Waals surface area contributed by atoms with Crippen LogP contribution in [0.5, 0.6) is 17.2 Å². The molecule has 2 aromatic rings. The summed E-state index contributed by atoms with van der Waals surface area (Å²) >= 11 is 0. The predicted molar refractivity (Wildman–Crippen MR) is 149 cm³/mol. The van der Waals surface area contributed by atoms with Crippen LogP contribution in [-0.2, 0) is 19.1 Å². The largest absolute Gasteiger partial charge is 0.494 e. The second-order valence-electron chi connectivity index (χ2n) is 8.92. The van der Waals surface area contributed by atoms with Crippen LogP contribution in [-0.4, -0.2) is 45.3 Å². The highest BCUT2D eigenvalue weighted by Crippen LogP contribution is 2.29. The summed E-state index contributed by atoms with van der Waals surface area (Å²) in [5, 5.41) is 0. The summed E-state index contributed by atoms with van der Waals surface area (Å²) in [6, 6.07) is 11.8. The monoisotopic (exact) mass is 538 g/mol. The van der Waals surface area contributed by atoms with Gasteiger partial charge in [-0.15, -0.1) is 0 Å². The van der Waals surface area contributed by atoms with Crippen LogP contribution < -0.4 is 14.2 Å². The zero-order valence-corrected chi connectivity index (χ0v) is 23.0. The van der Waals surface area contributed by atoms with Crippen LogP contribution in [0.4, 0.5) is 0 Å². The van der Waals surface area contributed by atoms with Crippen LogP contribution in [0.3, 0.4) is 0 Å². The molecule has 0 saturated carbocycles. The average molecular weight is 539 g/mol. The molecule has 0 aliphatic carbocycles. The fraction of sp³-hybridized carbons (Fsp3) is 0.387. The number of carbonyl (C=O) groups is 3. The Morgan fingerprint density at radius 2 is 1.46 bits per heavy atom. The second-order valence-corrected chi connectivity index (χ2v) is 8.92. The SMILES string of the molecule is C=C(C)C(=O)OCCCCCCCCCOc1ccc(C(=O)Oc2ccc(C=CC(=O)OC)cc2OC)cc1. The van der Waals surface area contributed by atoms with Crippen molar-refractivity contribution in [2.45, 2.75) is 51.9 Å². The summed E-state index contributed by atoms with van der Waals surface area (Å²) in [7, 11) is 2.77. The number of esters is 3. The molecule has 0 radical (unpaired) electrons. The number of ether oxygens (including phenoxy) is 5. The molecule has 0 spiro atoms. The number of hydrogen-bond donors (Lipinski definition) is 0. The number of benzene rings is 2. The Hall–Kier alpha value is -4.07. The van der Waals surface area contributed by atoms with Gasteiger partial charge in [0.25, 0.3) is 0 Å². The van der Waals surface area contributed by atoms with Crippen LogP contribution in [0.2, 0.25) is 0 Å². The number of carbonyl (C=O) groups excluding carboxylic acids is 3. The summed E-state index contributed by atoms with van der Waals surface area (Å²) in [6.07, 6.45) is 10.2. The third-order valence-electron chi connectivity index (χ3n) is 5.73. The van der Waals surface area contributed by atoms with Crippen LogP contribution in [0.1, 0.15) is 67.8 Å². The van der Waals surface area contributed by atoms with E-state index in [0.717, 1.165) is 44.9 Å². The van der Waals surface area contributed by atoms with E-state index in [1.165, 1.54) is 20.3 Å². The van der Waals surface area contributed by atoms with Gasteiger partial charge in [-0.3, -0.25) is 0 Å². The van der Waals surface area contributed by atoms with Gasteiger partial charge in [0.2, 0.25) is 0 Å². The first-order valence-corrected chi connectivity index (χ1v) is 13.1. The third kappa shape index (κ3) is 11.9. The van der Waals surface area contributed by atoms with Crippen molar-refractivity contribution < 1.29 is 38.1 Å². The Morgan fingerprint density at radius 1 is 0.821 bits per heavy atom. The Kier molecular flexibility index (Phi) is 13.9. The van der Waals surface area contributed by atoms with Crippen molar-refractivity contribution in [1.82, 2.24) is 0 Å². The lowest BCUT2D eigenvalue weighted by Gasteiger charge is -2.11. The topological polar surface area (TPSA) is 97.4 Å². The molecule has 210 valence electrons. The summed E-state index contributed by atoms with van der Waals surface area (Å²) in [4.78, 5) is 35.2. The lowest BCUT2D eigenvalue weighted by molar-refractivity contribution is -0.139. The molecule has 0 aromatic heterocycles. The Bertz CT molecular complexity index is 1120. The lowest BCUT2D eigenvalue weighted by Crippen LogP contribution is -2.09. The van der Waals surface area contributed by atoms with Crippen molar-refractivity contribution in [2.24, 2.45) is 0 Å². The molecular weight excluding hydrogens is 500 g/mol. The summed E-state index contributed by atoms with van der Waals surface area (Å²) < 4.78 is 26.3. The highest BCUT2D eigenvalue weighted by molar-refractivity contribution is 5.91. The van der Waals surface area contributed by atoms with Gasteiger partial charge in [0.15, 0.2) is 11.5 Å². The van der Waals surface area contributed by atoms with Crippen LogP contribution in [0, 0.1) is 0 Å². The molecule has 0 bridgehead atoms. The standard InChI is InChI=1S/C31H38O8/c1-23(2)30(33)38-21-11-9-7-5-6-8-10-20-37-26-16-14-25(15-17-26)31(34)39-27-18-12-24(22-28(27)35-3)13-19-29(32)36-4/h12-19,22H,1,5-11,20-21H2,2-4H3. The van der Waals surface area contributed by atoms with Crippen LogP contribution in [0.15, 0.2) is 60.7 Å². The number of unbranched alkanes of at least 4 members (excludes halogenated alkanes) is 6. The van der Waals surface area contributed by atoms with Gasteiger partial charge >= 0.3 is 17.9 Å². The van der Waals surface area contributed by atoms with E-state index in [-0.39, 0.29) is 11.7 Å². The van der Waals surface area contributed by atoms with Crippen molar-refractivity contribution in [3.8, 4) is 17.2 Å². The van der Waals surface area contributed by atoms with E-state index in [1.54, 1.807) is 55.5 Å². The first-order chi connectivity index (χ1) is 18.8. The zero-order chi connectivity index (χ0) is 28.5. The molecule has 2 aromatic carbocycles. The summed E-state index contributed by atoms with van der Waals surface area (Å²) in [5.74, 6) is 0.00589. The maximum Gasteiger partial charge on any atom is 0.343 e. The minimum absolute atomic E-state index is 0.268. The van der Waals surface area contributed by atoms with Crippen molar-refractivity contribution in [2.75, 3.05) is 27.4 Å². The molecule has 0 atom stereocenters. The molecule has 0 saturated heterocycles. The molecule has 8 nitrogen and oxygen atoms in total. The van der Waals surface area contributed by atoms with E-state index in [0.29, 0.717) is 41.4 Å². The van der Waals surface area contributed by atoms with Crippen molar-refractivity contribution >= 4 is 24.0 Å². The first-order valence-electron chi connectivity index (χ1n) is 13.1. The van der Waals surface area contributed by atoms with Gasteiger partial charge in [-0.1, -0.05) is 44.7 Å². The van der Waals surface area contributed by atoms with Crippen molar-refractivity contribution in [3.05, 3.63) is 71.8 Å². The van der Waals surface area contributed by atoms with Gasteiger partial charge in [0.1, 0.15) is 5.75 Å². The van der Waals surface area contributed by atoms with Crippen LogP contribution in [0.25, 0.3) is 6.08 Å². The average Bonchev–Trinajstić information content (AvgIpc) is 2.95. The molecule has 2 rings (SSSR count). The van der Waals surface area contributed by atoms with E-state index in [4.69, 9.17) is 18.9 Å². The molecular formula is C31H38O8. The van der Waals surface area contributed by atoms with Gasteiger partial charge in [0, 0.05) is 11.6 Å². The molecule has 0 N–H and O–H groups in total. The smallest absolute Gasteiger partial charge is 0.343 e. The molecule has 0 fully saturated rings. The fourth-order valence-electron chi connectivity index (χ4n) is 3.52. The molecule has 0 heterocycles. The highest BCUT2D eigenvalue weighted by atomic mass is 16.6. The van der Waals surface area contributed by atoms with Crippen LogP contribution >= 0.6 is 0 Å². The van der Waals surface area contributed by atoms with Gasteiger partial charge < -0.3 is 23.7 Å². The molecule has 0 unspecified atom stereocenters. The molecule has 0 aliphatic rings. The van der Waals surface area contributed by atoms with Crippen molar-refractivity contribution in [3.63, 3.8) is 0 Å². The number of rotatable bonds is 17. The fourth-order valence-corrected chi connectivity index (χ4v) is 3.52. The quantitative estimate of drug-likeness (QED) is 0.0998. The maximum atomic E-state index is 12.6. The van der Waals surface area contributed by atoms with E-state index in [1.807, 2.05) is 0 Å². The van der Waals surface area contributed by atoms with Gasteiger partial charge in [0.05, 0.1) is 33.0 Å². The Labute approximate surface area is 230 Å². The van der Waals surface area contributed by atoms with E-state index >= 15 is 0 Å². The minimum atomic E-state index is -0.522. The Morgan fingerprint density at radius 3 is 2.08 bits per heavy atom. The summed E-state index contributed by atoms with van der Waals surface area (Å²) in [6.45, 7) is 6.27. The maximum absolute atomic E-state index is 12.6. The highest BCUT2D eigenvalue weighted by Gasteiger charge is 2.13. The van der Waals surface area contributed by atoms with E-state index < -0.39 is 11.9 Å². The van der Waals surface area contributed by atoms with Gasteiger partial charge in [-0.05, 0) is 67.8 Å². The summed E-state index contributed by atoms with van der Waals surface area (Å²) in [5.41, 5.74) is 1.51. The molecule has 0 amide bonds. The van der Waals surface area contributed by atoms with E-state index in [2.05, 4.69) is 11.3 Å². The predicted octanol–water partition coefficient (Wildman–Crippen LogP) is 6.33. The molecule has 39 heavy (non-hydrogen) atoms. The normalized spacial score (nSPS) is 10.6. The first kappa shape index (κ1) is 31.1. The van der Waals surface area contributed by atoms with Crippen molar-refractivity contribution in [1.29, 1.82) is 0 Å². The molecule has 0 aliphatic heterocycles. The number of methoxy groups -OCH3 is 2. The second kappa shape index (κ2) is 17.4. The zero-order valence-electron chi connectivity index (χ0n) is 23.0. The van der Waals surface area contributed by atoms with Gasteiger partial charge in [-0.2, -0.15) is 0 Å². The number of hydrogen-bond acceptors (Lipinski definition) is 8. The van der Waals surface area contributed by atoms with E-state index in [9.17, 15) is 14.4 Å². The van der Waals surface area contributed by atoms with Gasteiger partial charge in [-0.25, -0.2) is 14.4 Å². The third-order valence-corrected chi connectivity index (χ3v) is 5.73.